The first-order chi connectivity index (χ1) is 7.12. The van der Waals surface area contributed by atoms with Crippen LogP contribution in [0.5, 0.6) is 0 Å². The zero-order chi connectivity index (χ0) is 11.3. The molecule has 0 spiro atoms. The van der Waals surface area contributed by atoms with Crippen molar-refractivity contribution in [2.75, 3.05) is 18.1 Å². The Balaban J connectivity index is 0.00000225. The summed E-state index contributed by atoms with van der Waals surface area (Å²) < 4.78 is 0. The van der Waals surface area contributed by atoms with Gasteiger partial charge in [-0.15, -0.1) is 12.4 Å². The fourth-order valence-corrected chi connectivity index (χ4v) is 2.39. The molecule has 3 nitrogen and oxygen atoms in total. The van der Waals surface area contributed by atoms with Crippen molar-refractivity contribution in [1.29, 1.82) is 0 Å². The maximum absolute atomic E-state index is 11.6. The van der Waals surface area contributed by atoms with Gasteiger partial charge in [-0.25, -0.2) is 0 Å². The molecule has 0 heterocycles. The third-order valence-corrected chi connectivity index (χ3v) is 4.07. The van der Waals surface area contributed by atoms with Crippen molar-refractivity contribution in [3.05, 3.63) is 0 Å². The van der Waals surface area contributed by atoms with Gasteiger partial charge in [0.2, 0.25) is 5.91 Å². The first kappa shape index (κ1) is 16.1. The number of nitrogens with two attached hydrogens (primary N) is 1. The second kappa shape index (κ2) is 7.41. The van der Waals surface area contributed by atoms with Gasteiger partial charge in [-0.1, -0.05) is 6.92 Å². The van der Waals surface area contributed by atoms with Gasteiger partial charge in [0.15, 0.2) is 0 Å². The van der Waals surface area contributed by atoms with Crippen LogP contribution in [0.25, 0.3) is 0 Å². The number of nitrogens with one attached hydrogen (secondary N) is 1. The average Bonchev–Trinajstić information content (AvgIpc) is 3.01. The Labute approximate surface area is 109 Å². The maximum atomic E-state index is 11.6. The molecule has 0 aromatic heterocycles. The highest BCUT2D eigenvalue weighted by Gasteiger charge is 2.41. The first-order valence-electron chi connectivity index (χ1n) is 5.71. The Kier molecular flexibility index (Phi) is 7.44. The van der Waals surface area contributed by atoms with Crippen molar-refractivity contribution in [3.8, 4) is 0 Å². The zero-order valence-electron chi connectivity index (χ0n) is 10.1. The first-order valence-corrected chi connectivity index (χ1v) is 6.86. The second-order valence-corrected chi connectivity index (χ2v) is 5.60. The Morgan fingerprint density at radius 1 is 1.56 bits per heavy atom. The smallest absolute Gasteiger partial charge is 0.230 e. The van der Waals surface area contributed by atoms with E-state index < -0.39 is 0 Å². The molecule has 1 aliphatic rings. The molecule has 0 aromatic carbocycles. The third kappa shape index (κ3) is 4.93. The second-order valence-electron chi connectivity index (χ2n) is 4.50. The summed E-state index contributed by atoms with van der Waals surface area (Å²) in [6.45, 7) is 4.73. The molecule has 1 atom stereocenters. The molecule has 1 fully saturated rings. The summed E-state index contributed by atoms with van der Waals surface area (Å²) in [7, 11) is 0. The predicted octanol–water partition coefficient (Wildman–Crippen LogP) is 1.79. The molecule has 5 heteroatoms. The molecular weight excluding hydrogens is 244 g/mol. The minimum absolute atomic E-state index is 0. The summed E-state index contributed by atoms with van der Waals surface area (Å²) in [4.78, 5) is 11.6. The summed E-state index contributed by atoms with van der Waals surface area (Å²) in [5.41, 5.74) is 5.57. The van der Waals surface area contributed by atoms with Gasteiger partial charge in [0.1, 0.15) is 0 Å². The van der Waals surface area contributed by atoms with Crippen LogP contribution in [0, 0.1) is 5.92 Å². The van der Waals surface area contributed by atoms with Crippen LogP contribution in [-0.4, -0.2) is 29.5 Å². The SMILES string of the molecule is CCCSCC(=O)NC(C)(CN)C1CC1.Cl. The Bertz CT molecular complexity index is 224. The molecule has 0 saturated heterocycles. The normalized spacial score (nSPS) is 18.4. The average molecular weight is 267 g/mol. The number of hydrogen-bond acceptors (Lipinski definition) is 3. The molecule has 1 rings (SSSR count). The van der Waals surface area contributed by atoms with Crippen LogP contribution in [0.15, 0.2) is 0 Å². The standard InChI is InChI=1S/C11H22N2OS.ClH/c1-3-6-15-7-10(14)13-11(2,8-12)9-4-5-9;/h9H,3-8,12H2,1-2H3,(H,13,14);1H. The number of hydrogen-bond donors (Lipinski definition) is 2. The van der Waals surface area contributed by atoms with E-state index in [1.165, 1.54) is 12.8 Å². The predicted molar refractivity (Wildman–Crippen MR) is 73.2 cm³/mol. The lowest BCUT2D eigenvalue weighted by Gasteiger charge is -2.29. The highest BCUT2D eigenvalue weighted by atomic mass is 35.5. The van der Waals surface area contributed by atoms with E-state index in [-0.39, 0.29) is 23.9 Å². The van der Waals surface area contributed by atoms with E-state index >= 15 is 0 Å². The van der Waals surface area contributed by atoms with Gasteiger partial charge in [-0.3, -0.25) is 4.79 Å². The van der Waals surface area contributed by atoms with E-state index in [1.54, 1.807) is 11.8 Å². The van der Waals surface area contributed by atoms with Gasteiger partial charge in [-0.2, -0.15) is 11.8 Å². The van der Waals surface area contributed by atoms with Crippen LogP contribution >= 0.6 is 24.2 Å². The topological polar surface area (TPSA) is 55.1 Å². The highest BCUT2D eigenvalue weighted by Crippen LogP contribution is 2.38. The van der Waals surface area contributed by atoms with Gasteiger partial charge in [0.05, 0.1) is 11.3 Å². The Hall–Kier alpha value is 0.0700. The lowest BCUT2D eigenvalue weighted by Crippen LogP contribution is -2.53. The molecule has 1 unspecified atom stereocenters. The van der Waals surface area contributed by atoms with E-state index in [0.717, 1.165) is 12.2 Å². The van der Waals surface area contributed by atoms with Crippen LogP contribution in [-0.2, 0) is 4.79 Å². The van der Waals surface area contributed by atoms with Crippen molar-refractivity contribution >= 4 is 30.1 Å². The summed E-state index contributed by atoms with van der Waals surface area (Å²) in [5.74, 6) is 2.35. The number of thioether (sulfide) groups is 1. The van der Waals surface area contributed by atoms with Crippen molar-refractivity contribution in [3.63, 3.8) is 0 Å². The molecular formula is C11H23ClN2OS. The van der Waals surface area contributed by atoms with E-state index in [4.69, 9.17) is 5.73 Å². The number of amides is 1. The summed E-state index contributed by atoms with van der Waals surface area (Å²) in [6.07, 6.45) is 3.53. The summed E-state index contributed by atoms with van der Waals surface area (Å²) in [5, 5.41) is 3.08. The monoisotopic (exact) mass is 266 g/mol. The number of halogens is 1. The van der Waals surface area contributed by atoms with Crippen molar-refractivity contribution in [1.82, 2.24) is 5.32 Å². The van der Waals surface area contributed by atoms with Gasteiger partial charge >= 0.3 is 0 Å². The largest absolute Gasteiger partial charge is 0.349 e. The lowest BCUT2D eigenvalue weighted by molar-refractivity contribution is -0.120. The quantitative estimate of drug-likeness (QED) is 0.691. The molecule has 0 bridgehead atoms. The van der Waals surface area contributed by atoms with Crippen LogP contribution in [0.4, 0.5) is 0 Å². The Morgan fingerprint density at radius 3 is 2.62 bits per heavy atom. The number of rotatable bonds is 7. The minimum atomic E-state index is -0.163. The van der Waals surface area contributed by atoms with Crippen molar-refractivity contribution < 1.29 is 4.79 Å². The minimum Gasteiger partial charge on any atom is -0.349 e. The molecule has 0 aromatic rings. The van der Waals surface area contributed by atoms with E-state index in [1.807, 2.05) is 0 Å². The van der Waals surface area contributed by atoms with Crippen LogP contribution in [0.3, 0.4) is 0 Å². The molecule has 0 radical (unpaired) electrons. The van der Waals surface area contributed by atoms with Crippen LogP contribution in [0.1, 0.15) is 33.1 Å². The fourth-order valence-electron chi connectivity index (χ4n) is 1.70. The van der Waals surface area contributed by atoms with E-state index in [0.29, 0.717) is 18.2 Å². The molecule has 16 heavy (non-hydrogen) atoms. The molecule has 1 aliphatic carbocycles. The van der Waals surface area contributed by atoms with Gasteiger partial charge in [0.25, 0.3) is 0 Å². The van der Waals surface area contributed by atoms with Crippen molar-refractivity contribution in [2.45, 2.75) is 38.6 Å². The van der Waals surface area contributed by atoms with Crippen LogP contribution < -0.4 is 11.1 Å². The van der Waals surface area contributed by atoms with Gasteiger partial charge in [0, 0.05) is 6.54 Å². The molecule has 0 aliphatic heterocycles. The molecule has 96 valence electrons. The molecule has 3 N–H and O–H groups in total. The third-order valence-electron chi connectivity index (χ3n) is 2.91. The fraction of sp³-hybridized carbons (Fsp3) is 0.909. The van der Waals surface area contributed by atoms with E-state index in [2.05, 4.69) is 19.2 Å². The zero-order valence-corrected chi connectivity index (χ0v) is 11.8. The molecule has 1 saturated carbocycles. The number of carbonyl (C=O) groups is 1. The lowest BCUT2D eigenvalue weighted by atomic mass is 9.96. The summed E-state index contributed by atoms with van der Waals surface area (Å²) in [6, 6.07) is 0. The van der Waals surface area contributed by atoms with E-state index in [9.17, 15) is 4.79 Å². The maximum Gasteiger partial charge on any atom is 0.230 e. The molecule has 1 amide bonds. The highest BCUT2D eigenvalue weighted by molar-refractivity contribution is 7.99. The number of carbonyl (C=O) groups excluding carboxylic acids is 1. The van der Waals surface area contributed by atoms with Gasteiger partial charge in [-0.05, 0) is 37.9 Å². The van der Waals surface area contributed by atoms with Crippen LogP contribution in [0.2, 0.25) is 0 Å². The Morgan fingerprint density at radius 2 is 2.19 bits per heavy atom. The summed E-state index contributed by atoms with van der Waals surface area (Å²) >= 11 is 1.69. The van der Waals surface area contributed by atoms with Crippen molar-refractivity contribution in [2.24, 2.45) is 11.7 Å². The van der Waals surface area contributed by atoms with Gasteiger partial charge < -0.3 is 11.1 Å².